The molecule has 0 aromatic heterocycles. The second kappa shape index (κ2) is 5.46. The van der Waals surface area contributed by atoms with Crippen molar-refractivity contribution >= 4 is 67.2 Å². The van der Waals surface area contributed by atoms with E-state index in [0.717, 1.165) is 24.4 Å². The van der Waals surface area contributed by atoms with Crippen LogP contribution in [-0.4, -0.2) is 0 Å². The molecule has 3 N–H and O–H groups in total. The summed E-state index contributed by atoms with van der Waals surface area (Å²) in [4.78, 5) is 0. The predicted molar refractivity (Wildman–Crippen MR) is 86.0 cm³/mol. The number of nitrogens with one attached hydrogen (secondary N) is 1. The molecule has 0 radical (unpaired) electrons. The average Bonchev–Trinajstić information content (AvgIpc) is 2.25. The molecule has 0 spiro atoms. The lowest BCUT2D eigenvalue weighted by atomic mass is 10.2. The molecule has 0 aliphatic carbocycles. The Morgan fingerprint density at radius 3 is 2.47 bits per heavy atom. The lowest BCUT2D eigenvalue weighted by molar-refractivity contribution is 1.51. The SMILES string of the molecule is Nc1cc(Br)ccc1Nc1ccc(Cl)cc1I. The summed E-state index contributed by atoms with van der Waals surface area (Å²) >= 11 is 11.5. The van der Waals surface area contributed by atoms with Crippen molar-refractivity contribution in [1.29, 1.82) is 0 Å². The zero-order valence-electron chi connectivity index (χ0n) is 8.68. The molecule has 0 aliphatic heterocycles. The summed E-state index contributed by atoms with van der Waals surface area (Å²) in [5, 5.41) is 4.01. The lowest BCUT2D eigenvalue weighted by Gasteiger charge is -2.11. The van der Waals surface area contributed by atoms with E-state index >= 15 is 0 Å². The molecule has 0 heterocycles. The normalized spacial score (nSPS) is 10.3. The number of halogens is 3. The second-order valence-corrected chi connectivity index (χ2v) is 6.00. The molecule has 0 unspecified atom stereocenters. The first-order valence-electron chi connectivity index (χ1n) is 4.83. The van der Waals surface area contributed by atoms with E-state index in [-0.39, 0.29) is 0 Å². The van der Waals surface area contributed by atoms with Gasteiger partial charge in [-0.1, -0.05) is 27.5 Å². The first-order chi connectivity index (χ1) is 8.06. The average molecular weight is 423 g/mol. The fraction of sp³-hybridized carbons (Fsp3) is 0. The number of anilines is 3. The third kappa shape index (κ3) is 3.26. The Balaban J connectivity index is 2.31. The minimum Gasteiger partial charge on any atom is -0.397 e. The highest BCUT2D eigenvalue weighted by molar-refractivity contribution is 14.1. The maximum absolute atomic E-state index is 5.93. The maximum atomic E-state index is 5.93. The van der Waals surface area contributed by atoms with Crippen molar-refractivity contribution in [2.24, 2.45) is 0 Å². The molecule has 0 amide bonds. The van der Waals surface area contributed by atoms with Gasteiger partial charge in [-0.15, -0.1) is 0 Å². The first kappa shape index (κ1) is 13.0. The Kier molecular flexibility index (Phi) is 4.17. The zero-order valence-corrected chi connectivity index (χ0v) is 13.2. The molecule has 2 rings (SSSR count). The van der Waals surface area contributed by atoms with Crippen LogP contribution >= 0.6 is 50.1 Å². The highest BCUT2D eigenvalue weighted by Crippen LogP contribution is 2.29. The van der Waals surface area contributed by atoms with Crippen LogP contribution < -0.4 is 11.1 Å². The molecular formula is C12H9BrClIN2. The summed E-state index contributed by atoms with van der Waals surface area (Å²) < 4.78 is 2.02. The topological polar surface area (TPSA) is 38.0 Å². The van der Waals surface area contributed by atoms with Crippen LogP contribution in [0.1, 0.15) is 0 Å². The fourth-order valence-electron chi connectivity index (χ4n) is 1.38. The third-order valence-electron chi connectivity index (χ3n) is 2.21. The smallest absolute Gasteiger partial charge is 0.0619 e. The number of benzene rings is 2. The highest BCUT2D eigenvalue weighted by atomic mass is 127. The van der Waals surface area contributed by atoms with Crippen molar-refractivity contribution in [3.63, 3.8) is 0 Å². The van der Waals surface area contributed by atoms with Gasteiger partial charge < -0.3 is 11.1 Å². The third-order valence-corrected chi connectivity index (χ3v) is 3.83. The summed E-state index contributed by atoms with van der Waals surface area (Å²) in [7, 11) is 0. The maximum Gasteiger partial charge on any atom is 0.0619 e. The standard InChI is InChI=1S/C12H9BrClIN2/c13-7-1-3-12(10(16)5-7)17-11-4-2-8(14)6-9(11)15/h1-6,17H,16H2. The van der Waals surface area contributed by atoms with E-state index in [0.29, 0.717) is 5.69 Å². The molecule has 2 aromatic rings. The molecule has 0 aliphatic rings. The molecule has 0 atom stereocenters. The lowest BCUT2D eigenvalue weighted by Crippen LogP contribution is -1.97. The molecule has 88 valence electrons. The van der Waals surface area contributed by atoms with Crippen molar-refractivity contribution in [3.05, 3.63) is 49.5 Å². The van der Waals surface area contributed by atoms with E-state index < -0.39 is 0 Å². The van der Waals surface area contributed by atoms with Gasteiger partial charge in [-0.25, -0.2) is 0 Å². The Bertz CT molecular complexity index is 511. The summed E-state index contributed by atoms with van der Waals surface area (Å²) in [6, 6.07) is 11.4. The Morgan fingerprint density at radius 2 is 1.82 bits per heavy atom. The van der Waals surface area contributed by atoms with Crippen molar-refractivity contribution in [2.75, 3.05) is 11.1 Å². The molecule has 0 bridgehead atoms. The van der Waals surface area contributed by atoms with Gasteiger partial charge in [-0.2, -0.15) is 0 Å². The van der Waals surface area contributed by atoms with Crippen molar-refractivity contribution in [1.82, 2.24) is 0 Å². The van der Waals surface area contributed by atoms with Gasteiger partial charge in [-0.05, 0) is 59.0 Å². The van der Waals surface area contributed by atoms with Gasteiger partial charge in [0.15, 0.2) is 0 Å². The quantitative estimate of drug-likeness (QED) is 0.525. The number of nitrogen functional groups attached to an aromatic ring is 1. The molecular weight excluding hydrogens is 414 g/mol. The van der Waals surface area contributed by atoms with Crippen LogP contribution in [0.3, 0.4) is 0 Å². The molecule has 0 saturated carbocycles. The van der Waals surface area contributed by atoms with Crippen molar-refractivity contribution < 1.29 is 0 Å². The van der Waals surface area contributed by atoms with E-state index in [1.165, 1.54) is 0 Å². The van der Waals surface area contributed by atoms with Gasteiger partial charge in [0.05, 0.1) is 17.1 Å². The summed E-state index contributed by atoms with van der Waals surface area (Å²) in [5.41, 5.74) is 8.50. The summed E-state index contributed by atoms with van der Waals surface area (Å²) in [6.07, 6.45) is 0. The zero-order chi connectivity index (χ0) is 12.4. The largest absolute Gasteiger partial charge is 0.397 e. The van der Waals surface area contributed by atoms with Crippen LogP contribution in [0, 0.1) is 3.57 Å². The van der Waals surface area contributed by atoms with E-state index in [1.54, 1.807) is 0 Å². The van der Waals surface area contributed by atoms with Gasteiger partial charge in [0, 0.05) is 13.1 Å². The van der Waals surface area contributed by atoms with E-state index in [9.17, 15) is 0 Å². The Labute approximate surface area is 127 Å². The van der Waals surface area contributed by atoms with Crippen molar-refractivity contribution in [2.45, 2.75) is 0 Å². The Hall–Kier alpha value is -0.460. The monoisotopic (exact) mass is 422 g/mol. The van der Waals surface area contributed by atoms with Crippen LogP contribution in [0.2, 0.25) is 5.02 Å². The van der Waals surface area contributed by atoms with E-state index in [2.05, 4.69) is 43.8 Å². The molecule has 0 saturated heterocycles. The van der Waals surface area contributed by atoms with Gasteiger partial charge in [0.2, 0.25) is 0 Å². The van der Waals surface area contributed by atoms with Crippen LogP contribution in [-0.2, 0) is 0 Å². The molecule has 0 fully saturated rings. The predicted octanol–water partition coefficient (Wildman–Crippen LogP) is 5.03. The summed E-state index contributed by atoms with van der Waals surface area (Å²) in [5.74, 6) is 0. The van der Waals surface area contributed by atoms with Crippen LogP contribution in [0.25, 0.3) is 0 Å². The van der Waals surface area contributed by atoms with Gasteiger partial charge in [-0.3, -0.25) is 0 Å². The highest BCUT2D eigenvalue weighted by Gasteiger charge is 2.04. The Morgan fingerprint density at radius 1 is 1.12 bits per heavy atom. The van der Waals surface area contributed by atoms with Crippen LogP contribution in [0.4, 0.5) is 17.1 Å². The van der Waals surface area contributed by atoms with Gasteiger partial charge >= 0.3 is 0 Å². The van der Waals surface area contributed by atoms with Gasteiger partial charge in [0.1, 0.15) is 0 Å². The number of hydrogen-bond acceptors (Lipinski definition) is 2. The van der Waals surface area contributed by atoms with E-state index in [1.807, 2.05) is 36.4 Å². The second-order valence-electron chi connectivity index (χ2n) is 3.48. The summed E-state index contributed by atoms with van der Waals surface area (Å²) in [6.45, 7) is 0. The number of hydrogen-bond donors (Lipinski definition) is 2. The van der Waals surface area contributed by atoms with E-state index in [4.69, 9.17) is 17.3 Å². The van der Waals surface area contributed by atoms with Crippen LogP contribution in [0.15, 0.2) is 40.9 Å². The minimum absolute atomic E-state index is 0.699. The minimum atomic E-state index is 0.699. The number of rotatable bonds is 2. The first-order valence-corrected chi connectivity index (χ1v) is 7.08. The molecule has 2 nitrogen and oxygen atoms in total. The molecule has 2 aromatic carbocycles. The number of nitrogens with two attached hydrogens (primary N) is 1. The van der Waals surface area contributed by atoms with Crippen LogP contribution in [0.5, 0.6) is 0 Å². The van der Waals surface area contributed by atoms with Gasteiger partial charge in [0.25, 0.3) is 0 Å². The molecule has 5 heteroatoms. The molecule has 17 heavy (non-hydrogen) atoms. The fourth-order valence-corrected chi connectivity index (χ4v) is 2.77. The van der Waals surface area contributed by atoms with Crippen molar-refractivity contribution in [3.8, 4) is 0 Å².